The number of rotatable bonds is 3. The van der Waals surface area contributed by atoms with Crippen LogP contribution in [0.4, 0.5) is 4.39 Å². The summed E-state index contributed by atoms with van der Waals surface area (Å²) in [7, 11) is -3.38. The maximum absolute atomic E-state index is 13.1. The van der Waals surface area contributed by atoms with E-state index >= 15 is 0 Å². The zero-order chi connectivity index (χ0) is 15.1. The Balaban J connectivity index is 0.00000176. The second-order valence-corrected chi connectivity index (χ2v) is 8.39. The van der Waals surface area contributed by atoms with Crippen LogP contribution in [-0.4, -0.2) is 38.9 Å². The van der Waals surface area contributed by atoms with Crippen molar-refractivity contribution in [3.05, 3.63) is 34.6 Å². The Hall–Kier alpha value is -0.400. The number of nitrogens with zero attached hydrogens (tertiary/aromatic N) is 1. The topological polar surface area (TPSA) is 49.4 Å². The largest absolute Gasteiger partial charge is 0.316 e. The number of hydrogen-bond acceptors (Lipinski definition) is 3. The molecule has 1 aromatic carbocycles. The summed E-state index contributed by atoms with van der Waals surface area (Å²) in [6, 6.07) is 4.07. The highest BCUT2D eigenvalue weighted by atomic mass is 35.5. The van der Waals surface area contributed by atoms with Crippen molar-refractivity contribution in [1.82, 2.24) is 9.62 Å². The number of sulfonamides is 1. The van der Waals surface area contributed by atoms with E-state index < -0.39 is 15.8 Å². The molecule has 124 valence electrons. The predicted molar refractivity (Wildman–Crippen MR) is 87.4 cm³/mol. The van der Waals surface area contributed by atoms with Gasteiger partial charge in [0.1, 0.15) is 5.82 Å². The van der Waals surface area contributed by atoms with Crippen molar-refractivity contribution >= 4 is 34.0 Å². The molecule has 1 spiro atoms. The van der Waals surface area contributed by atoms with Gasteiger partial charge < -0.3 is 5.32 Å². The Kier molecular flexibility index (Phi) is 5.39. The third kappa shape index (κ3) is 3.57. The van der Waals surface area contributed by atoms with E-state index in [1.54, 1.807) is 4.31 Å². The van der Waals surface area contributed by atoms with E-state index in [0.29, 0.717) is 18.7 Å². The van der Waals surface area contributed by atoms with Crippen LogP contribution in [0.15, 0.2) is 18.2 Å². The molecule has 0 bridgehead atoms. The van der Waals surface area contributed by atoms with Crippen molar-refractivity contribution in [3.63, 3.8) is 0 Å². The lowest BCUT2D eigenvalue weighted by atomic mass is 9.87. The van der Waals surface area contributed by atoms with Gasteiger partial charge in [-0.25, -0.2) is 17.1 Å². The maximum atomic E-state index is 13.1. The second-order valence-electron chi connectivity index (χ2n) is 6.02. The van der Waals surface area contributed by atoms with Crippen LogP contribution in [0.5, 0.6) is 0 Å². The van der Waals surface area contributed by atoms with Crippen LogP contribution in [0.1, 0.15) is 18.4 Å². The molecule has 1 N–H and O–H groups in total. The van der Waals surface area contributed by atoms with E-state index in [4.69, 9.17) is 11.6 Å². The summed E-state index contributed by atoms with van der Waals surface area (Å²) in [5.41, 5.74) is 0.625. The van der Waals surface area contributed by atoms with Crippen molar-refractivity contribution in [1.29, 1.82) is 0 Å². The van der Waals surface area contributed by atoms with E-state index in [2.05, 4.69) is 5.32 Å². The predicted octanol–water partition coefficient (Wildman–Crippen LogP) is 2.42. The van der Waals surface area contributed by atoms with Gasteiger partial charge in [0.25, 0.3) is 0 Å². The van der Waals surface area contributed by atoms with Crippen LogP contribution in [0.25, 0.3) is 0 Å². The molecule has 1 unspecified atom stereocenters. The highest BCUT2D eigenvalue weighted by molar-refractivity contribution is 7.88. The van der Waals surface area contributed by atoms with Crippen molar-refractivity contribution < 1.29 is 12.8 Å². The Morgan fingerprint density at radius 3 is 2.77 bits per heavy atom. The number of nitrogens with one attached hydrogen (secondary N) is 1. The van der Waals surface area contributed by atoms with Crippen molar-refractivity contribution in [3.8, 4) is 0 Å². The smallest absolute Gasteiger partial charge is 0.218 e. The molecule has 22 heavy (non-hydrogen) atoms. The lowest BCUT2D eigenvalue weighted by Gasteiger charge is -2.22. The van der Waals surface area contributed by atoms with Crippen molar-refractivity contribution in [2.24, 2.45) is 5.41 Å². The first-order valence-corrected chi connectivity index (χ1v) is 9.02. The first kappa shape index (κ1) is 17.9. The maximum Gasteiger partial charge on any atom is 0.218 e. The summed E-state index contributed by atoms with van der Waals surface area (Å²) < 4.78 is 39.7. The highest BCUT2D eigenvalue weighted by Crippen LogP contribution is 2.37. The van der Waals surface area contributed by atoms with Crippen LogP contribution in [0.3, 0.4) is 0 Å². The summed E-state index contributed by atoms with van der Waals surface area (Å²) in [6.45, 7) is 3.00. The molecule has 1 atom stereocenters. The van der Waals surface area contributed by atoms with Gasteiger partial charge in [0.2, 0.25) is 10.0 Å². The van der Waals surface area contributed by atoms with Crippen LogP contribution in [0, 0.1) is 11.2 Å². The molecule has 0 saturated carbocycles. The van der Waals surface area contributed by atoms with Crippen LogP contribution >= 0.6 is 24.0 Å². The minimum absolute atomic E-state index is 0. The Bertz CT molecular complexity index is 648. The lowest BCUT2D eigenvalue weighted by molar-refractivity contribution is 0.338. The fourth-order valence-corrected chi connectivity index (χ4v) is 5.03. The summed E-state index contributed by atoms with van der Waals surface area (Å²) in [4.78, 5) is 0. The normalized spacial score (nSPS) is 25.5. The minimum atomic E-state index is -3.38. The van der Waals surface area contributed by atoms with E-state index in [9.17, 15) is 12.8 Å². The Morgan fingerprint density at radius 2 is 2.14 bits per heavy atom. The summed E-state index contributed by atoms with van der Waals surface area (Å²) in [6.07, 6.45) is 1.94. The summed E-state index contributed by atoms with van der Waals surface area (Å²) in [5.74, 6) is -0.661. The first-order valence-electron chi connectivity index (χ1n) is 7.03. The van der Waals surface area contributed by atoms with Gasteiger partial charge in [0.05, 0.1) is 10.8 Å². The molecule has 4 nitrogen and oxygen atoms in total. The molecule has 1 aromatic rings. The van der Waals surface area contributed by atoms with Gasteiger partial charge >= 0.3 is 0 Å². The van der Waals surface area contributed by atoms with Gasteiger partial charge in [0.15, 0.2) is 0 Å². The van der Waals surface area contributed by atoms with E-state index in [-0.39, 0.29) is 28.6 Å². The quantitative estimate of drug-likeness (QED) is 0.890. The number of hydrogen-bond donors (Lipinski definition) is 1. The standard InChI is InChI=1S/C14H18ClFN2O2S.ClH/c15-12-7-11(1-2-13(12)16)8-21(19,20)18-6-4-14(10-18)3-5-17-9-14;/h1-2,7,17H,3-6,8-10H2;1H. The third-order valence-electron chi connectivity index (χ3n) is 4.46. The molecule has 0 aromatic heterocycles. The average molecular weight is 369 g/mol. The zero-order valence-corrected chi connectivity index (χ0v) is 14.4. The van der Waals surface area contributed by atoms with Crippen LogP contribution in [0.2, 0.25) is 5.02 Å². The van der Waals surface area contributed by atoms with E-state index in [1.807, 2.05) is 0 Å². The Morgan fingerprint density at radius 1 is 1.36 bits per heavy atom. The average Bonchev–Trinajstić information content (AvgIpc) is 3.05. The highest BCUT2D eigenvalue weighted by Gasteiger charge is 2.43. The van der Waals surface area contributed by atoms with Crippen molar-refractivity contribution in [2.45, 2.75) is 18.6 Å². The van der Waals surface area contributed by atoms with Crippen LogP contribution in [-0.2, 0) is 15.8 Å². The molecule has 0 aliphatic carbocycles. The molecule has 0 radical (unpaired) electrons. The fourth-order valence-electron chi connectivity index (χ4n) is 3.21. The monoisotopic (exact) mass is 368 g/mol. The van der Waals surface area contributed by atoms with Gasteiger partial charge in [-0.15, -0.1) is 12.4 Å². The molecular formula is C14H19Cl2FN2O2S. The van der Waals surface area contributed by atoms with Crippen LogP contribution < -0.4 is 5.32 Å². The molecule has 8 heteroatoms. The van der Waals surface area contributed by atoms with Gasteiger partial charge in [-0.2, -0.15) is 0 Å². The SMILES string of the molecule is Cl.O=S(=O)(Cc1ccc(F)c(Cl)c1)N1CCC2(CCNC2)C1. The molecule has 2 saturated heterocycles. The molecule has 2 aliphatic rings. The summed E-state index contributed by atoms with van der Waals surface area (Å²) >= 11 is 5.71. The molecule has 0 amide bonds. The molecule has 3 rings (SSSR count). The van der Waals surface area contributed by atoms with Gasteiger partial charge in [0, 0.05) is 19.6 Å². The third-order valence-corrected chi connectivity index (χ3v) is 6.55. The zero-order valence-electron chi connectivity index (χ0n) is 12.0. The lowest BCUT2D eigenvalue weighted by Crippen LogP contribution is -2.34. The first-order chi connectivity index (χ1) is 9.90. The molecular weight excluding hydrogens is 350 g/mol. The van der Waals surface area contributed by atoms with Gasteiger partial charge in [-0.1, -0.05) is 17.7 Å². The van der Waals surface area contributed by atoms with Gasteiger partial charge in [-0.3, -0.25) is 0 Å². The molecule has 2 aliphatic heterocycles. The van der Waals surface area contributed by atoms with Crippen molar-refractivity contribution in [2.75, 3.05) is 26.2 Å². The van der Waals surface area contributed by atoms with E-state index in [0.717, 1.165) is 25.9 Å². The van der Waals surface area contributed by atoms with E-state index in [1.165, 1.54) is 18.2 Å². The Labute approximate surface area is 141 Å². The number of benzene rings is 1. The second kappa shape index (κ2) is 6.61. The molecule has 2 fully saturated rings. The van der Waals surface area contributed by atoms with Gasteiger partial charge in [-0.05, 0) is 42.5 Å². The minimum Gasteiger partial charge on any atom is -0.316 e. The summed E-state index contributed by atoms with van der Waals surface area (Å²) in [5, 5.41) is 3.27. The fraction of sp³-hybridized carbons (Fsp3) is 0.571. The molecule has 2 heterocycles. The number of halogens is 3.